The second-order valence-corrected chi connectivity index (χ2v) is 11.8. The lowest BCUT2D eigenvalue weighted by Gasteiger charge is -2.21. The Bertz CT molecular complexity index is 1750. The molecule has 0 unspecified atom stereocenters. The Hall–Kier alpha value is -4.95. The molecule has 0 radical (unpaired) electrons. The van der Waals surface area contributed by atoms with Gasteiger partial charge in [0.1, 0.15) is 17.6 Å². The molecule has 0 aliphatic heterocycles. The fourth-order valence-electron chi connectivity index (χ4n) is 5.00. The van der Waals surface area contributed by atoms with Crippen molar-refractivity contribution in [2.75, 3.05) is 0 Å². The maximum Gasteiger partial charge on any atom is 0.339 e. The highest BCUT2D eigenvalue weighted by atomic mass is 32.2. The number of esters is 3. The number of carbonyl (C=O) groups excluding carboxylic acids is 4. The van der Waals surface area contributed by atoms with Gasteiger partial charge in [0.15, 0.2) is 0 Å². The first-order valence-corrected chi connectivity index (χ1v) is 15.5. The average molecular weight is 621 g/mol. The number of fused-ring (bicyclic) bond motifs is 1. The topological polar surface area (TPSA) is 96.0 Å². The summed E-state index contributed by atoms with van der Waals surface area (Å²) in [4.78, 5) is 49.7. The summed E-state index contributed by atoms with van der Waals surface area (Å²) < 4.78 is 16.0. The summed E-state index contributed by atoms with van der Waals surface area (Å²) in [6.07, 6.45) is 5.77. The van der Waals surface area contributed by atoms with Gasteiger partial charge >= 0.3 is 17.9 Å². The molecule has 45 heavy (non-hydrogen) atoms. The monoisotopic (exact) mass is 620 g/mol. The predicted molar refractivity (Wildman–Crippen MR) is 174 cm³/mol. The molecule has 1 saturated carbocycles. The van der Waals surface area contributed by atoms with Crippen molar-refractivity contribution in [3.8, 4) is 22.6 Å². The van der Waals surface area contributed by atoms with Crippen molar-refractivity contribution >= 4 is 45.6 Å². The molecule has 0 aromatic heterocycles. The number of hydrogen-bond acceptors (Lipinski definition) is 8. The number of ether oxygens (including phenoxy) is 3. The highest BCUT2D eigenvalue weighted by Gasteiger charge is 2.21. The lowest BCUT2D eigenvalue weighted by atomic mass is 9.98. The summed E-state index contributed by atoms with van der Waals surface area (Å²) in [5.41, 5.74) is 2.51. The van der Waals surface area contributed by atoms with Crippen LogP contribution < -0.4 is 9.47 Å². The Morgan fingerprint density at radius 3 is 2.11 bits per heavy atom. The zero-order chi connectivity index (χ0) is 31.8. The van der Waals surface area contributed by atoms with Gasteiger partial charge in [0.2, 0.25) is 5.12 Å². The van der Waals surface area contributed by atoms with Crippen LogP contribution in [-0.4, -0.2) is 29.1 Å². The standard InChI is InChI=1S/C37H32O7S/c1-3-34(38)43-32-16-15-28-22-27(13-14-29(28)23-32)25-9-11-26(12-10-25)37(41)45-33-19-17-31(18-20-33)44-36(40)24(2)21-35(39)42-30-7-5-4-6-8-30/h3,9-20,22-23,30H,1-2,4-8,21H2. The maximum absolute atomic E-state index is 12.9. The molecule has 0 saturated heterocycles. The minimum atomic E-state index is -0.697. The van der Waals surface area contributed by atoms with Gasteiger partial charge in [-0.15, -0.1) is 0 Å². The van der Waals surface area contributed by atoms with Crippen LogP contribution in [0.1, 0.15) is 48.9 Å². The van der Waals surface area contributed by atoms with Gasteiger partial charge in [0, 0.05) is 22.1 Å². The lowest BCUT2D eigenvalue weighted by molar-refractivity contribution is -0.150. The molecule has 1 aliphatic carbocycles. The first kappa shape index (κ1) is 31.5. The molecule has 0 amide bonds. The molecule has 0 spiro atoms. The minimum absolute atomic E-state index is 0.0252. The van der Waals surface area contributed by atoms with Crippen molar-refractivity contribution in [1.29, 1.82) is 0 Å². The molecule has 0 N–H and O–H groups in total. The van der Waals surface area contributed by atoms with Crippen LogP contribution in [0.5, 0.6) is 11.5 Å². The Kier molecular flexibility index (Phi) is 10.3. The maximum atomic E-state index is 12.9. The minimum Gasteiger partial charge on any atom is -0.462 e. The van der Waals surface area contributed by atoms with Gasteiger partial charge in [-0.25, -0.2) is 9.59 Å². The first-order chi connectivity index (χ1) is 21.8. The summed E-state index contributed by atoms with van der Waals surface area (Å²) in [5, 5.41) is 1.78. The molecule has 4 aromatic rings. The van der Waals surface area contributed by atoms with E-state index in [0.717, 1.165) is 71.8 Å². The van der Waals surface area contributed by atoms with Gasteiger partial charge in [-0.1, -0.05) is 49.9 Å². The van der Waals surface area contributed by atoms with E-state index < -0.39 is 17.9 Å². The van der Waals surface area contributed by atoms with E-state index in [0.29, 0.717) is 16.2 Å². The van der Waals surface area contributed by atoms with Gasteiger partial charge in [-0.05, 0) is 114 Å². The van der Waals surface area contributed by atoms with Crippen LogP contribution in [0.4, 0.5) is 0 Å². The molecule has 0 atom stereocenters. The number of carbonyl (C=O) groups is 4. The van der Waals surface area contributed by atoms with E-state index in [1.807, 2.05) is 36.4 Å². The van der Waals surface area contributed by atoms with Crippen molar-refractivity contribution in [2.24, 2.45) is 0 Å². The second-order valence-electron chi connectivity index (χ2n) is 10.7. The lowest BCUT2D eigenvalue weighted by Crippen LogP contribution is -2.22. The third-order valence-electron chi connectivity index (χ3n) is 7.39. The normalized spacial score (nSPS) is 13.1. The van der Waals surface area contributed by atoms with Crippen LogP contribution >= 0.6 is 11.8 Å². The largest absolute Gasteiger partial charge is 0.462 e. The molecule has 0 heterocycles. The third-order valence-corrected chi connectivity index (χ3v) is 8.32. The number of rotatable bonds is 10. The highest BCUT2D eigenvalue weighted by Crippen LogP contribution is 2.30. The van der Waals surface area contributed by atoms with E-state index in [-0.39, 0.29) is 29.0 Å². The van der Waals surface area contributed by atoms with Crippen LogP contribution in [0.3, 0.4) is 0 Å². The van der Waals surface area contributed by atoms with Crippen LogP contribution in [0.2, 0.25) is 0 Å². The molecular formula is C37H32O7S. The Morgan fingerprint density at radius 2 is 1.40 bits per heavy atom. The van der Waals surface area contributed by atoms with E-state index in [1.165, 1.54) is 0 Å². The Morgan fingerprint density at radius 1 is 0.756 bits per heavy atom. The van der Waals surface area contributed by atoms with E-state index in [4.69, 9.17) is 14.2 Å². The van der Waals surface area contributed by atoms with Gasteiger partial charge in [-0.2, -0.15) is 0 Å². The van der Waals surface area contributed by atoms with E-state index in [9.17, 15) is 19.2 Å². The fraction of sp³-hybridized carbons (Fsp3) is 0.189. The van der Waals surface area contributed by atoms with Gasteiger partial charge in [0.05, 0.1) is 6.42 Å². The molecule has 5 rings (SSSR count). The average Bonchev–Trinajstić information content (AvgIpc) is 3.05. The molecule has 8 heteroatoms. The number of thioether (sulfide) groups is 1. The first-order valence-electron chi connectivity index (χ1n) is 14.7. The smallest absolute Gasteiger partial charge is 0.339 e. The summed E-state index contributed by atoms with van der Waals surface area (Å²) in [5.74, 6) is -0.942. The van der Waals surface area contributed by atoms with Crippen molar-refractivity contribution in [3.05, 3.63) is 115 Å². The molecule has 1 fully saturated rings. The van der Waals surface area contributed by atoms with Gasteiger partial charge in [-0.3, -0.25) is 9.59 Å². The van der Waals surface area contributed by atoms with E-state index in [2.05, 4.69) is 13.2 Å². The summed E-state index contributed by atoms with van der Waals surface area (Å²) in [7, 11) is 0. The SMILES string of the molecule is C=CC(=O)Oc1ccc2cc(-c3ccc(C(=O)Sc4ccc(OC(=O)C(=C)CC(=O)OC5CCCCC5)cc4)cc3)ccc2c1. The van der Waals surface area contributed by atoms with Crippen molar-refractivity contribution < 1.29 is 33.4 Å². The number of hydrogen-bond donors (Lipinski definition) is 0. The van der Waals surface area contributed by atoms with Gasteiger partial charge in [0.25, 0.3) is 0 Å². The fourth-order valence-corrected chi connectivity index (χ4v) is 5.74. The van der Waals surface area contributed by atoms with E-state index in [1.54, 1.807) is 48.5 Å². The summed E-state index contributed by atoms with van der Waals surface area (Å²) in [6.45, 7) is 7.10. The highest BCUT2D eigenvalue weighted by molar-refractivity contribution is 8.14. The van der Waals surface area contributed by atoms with Crippen molar-refractivity contribution in [3.63, 3.8) is 0 Å². The Labute approximate surface area is 265 Å². The van der Waals surface area contributed by atoms with Crippen LogP contribution in [0.25, 0.3) is 21.9 Å². The van der Waals surface area contributed by atoms with Crippen LogP contribution in [0, 0.1) is 0 Å². The Balaban J connectivity index is 1.13. The molecule has 4 aromatic carbocycles. The van der Waals surface area contributed by atoms with E-state index >= 15 is 0 Å². The number of benzene rings is 4. The van der Waals surface area contributed by atoms with Gasteiger partial charge < -0.3 is 14.2 Å². The van der Waals surface area contributed by atoms with Crippen LogP contribution in [0.15, 0.2) is 115 Å². The zero-order valence-electron chi connectivity index (χ0n) is 24.7. The molecular weight excluding hydrogens is 588 g/mol. The van der Waals surface area contributed by atoms with Crippen molar-refractivity contribution in [2.45, 2.75) is 49.5 Å². The zero-order valence-corrected chi connectivity index (χ0v) is 25.5. The molecule has 7 nitrogen and oxygen atoms in total. The molecule has 228 valence electrons. The summed E-state index contributed by atoms with van der Waals surface area (Å²) in [6, 6.07) is 25.3. The third kappa shape index (κ3) is 8.58. The quantitative estimate of drug-likeness (QED) is 0.0757. The molecule has 1 aliphatic rings. The predicted octanol–water partition coefficient (Wildman–Crippen LogP) is 8.26. The second kappa shape index (κ2) is 14.7. The van der Waals surface area contributed by atoms with Crippen molar-refractivity contribution in [1.82, 2.24) is 0 Å². The van der Waals surface area contributed by atoms with Crippen LogP contribution in [-0.2, 0) is 19.1 Å². The summed E-state index contributed by atoms with van der Waals surface area (Å²) >= 11 is 1.07. The molecule has 0 bridgehead atoms.